The molecule has 1 aromatic rings. The van der Waals surface area contributed by atoms with Crippen molar-refractivity contribution in [2.75, 3.05) is 0 Å². The highest BCUT2D eigenvalue weighted by Gasteiger charge is 2.17. The SMILES string of the molecule is CC(Br)C(=O)c1cccc(CCl)c1C=O. The second kappa shape index (κ2) is 5.42. The highest BCUT2D eigenvalue weighted by molar-refractivity contribution is 9.10. The molecule has 1 rings (SSSR count). The maximum absolute atomic E-state index is 11.7. The van der Waals surface area contributed by atoms with Gasteiger partial charge in [0.25, 0.3) is 0 Å². The molecule has 0 fully saturated rings. The summed E-state index contributed by atoms with van der Waals surface area (Å²) in [5.74, 6) is 0.121. The summed E-state index contributed by atoms with van der Waals surface area (Å²) >= 11 is 8.87. The molecule has 0 aliphatic heterocycles. The zero-order chi connectivity index (χ0) is 11.4. The van der Waals surface area contributed by atoms with Gasteiger partial charge in [0.05, 0.1) is 4.83 Å². The third-order valence-corrected chi connectivity index (χ3v) is 2.79. The average molecular weight is 290 g/mol. The molecule has 0 saturated carbocycles. The molecule has 0 spiro atoms. The standard InChI is InChI=1S/C11H10BrClO2/c1-7(12)11(15)9-4-2-3-8(5-13)10(9)6-14/h2-4,6-7H,5H2,1H3. The molecule has 4 heteroatoms. The van der Waals surface area contributed by atoms with Crippen LogP contribution in [0.3, 0.4) is 0 Å². The Hall–Kier alpha value is -0.670. The van der Waals surface area contributed by atoms with Crippen molar-refractivity contribution < 1.29 is 9.59 Å². The van der Waals surface area contributed by atoms with Gasteiger partial charge in [0.1, 0.15) is 0 Å². The summed E-state index contributed by atoms with van der Waals surface area (Å²) in [5, 5.41) is 0. The number of carbonyl (C=O) groups is 2. The molecule has 0 bridgehead atoms. The van der Waals surface area contributed by atoms with Gasteiger partial charge in [0, 0.05) is 17.0 Å². The Morgan fingerprint density at radius 3 is 2.73 bits per heavy atom. The van der Waals surface area contributed by atoms with Crippen LogP contribution in [0.25, 0.3) is 0 Å². The topological polar surface area (TPSA) is 34.1 Å². The predicted octanol–water partition coefficient (Wildman–Crippen LogP) is 3.20. The summed E-state index contributed by atoms with van der Waals surface area (Å²) in [5.41, 5.74) is 1.50. The Balaban J connectivity index is 3.29. The molecule has 0 aliphatic rings. The molecule has 0 heterocycles. The maximum atomic E-state index is 11.7. The molecule has 0 saturated heterocycles. The fourth-order valence-electron chi connectivity index (χ4n) is 1.30. The van der Waals surface area contributed by atoms with E-state index >= 15 is 0 Å². The molecule has 2 nitrogen and oxygen atoms in total. The van der Waals surface area contributed by atoms with Gasteiger partial charge in [-0.25, -0.2) is 0 Å². The number of carbonyl (C=O) groups excluding carboxylic acids is 2. The van der Waals surface area contributed by atoms with Crippen LogP contribution in [0.1, 0.15) is 33.2 Å². The van der Waals surface area contributed by atoms with Crippen LogP contribution in [0.5, 0.6) is 0 Å². The maximum Gasteiger partial charge on any atom is 0.176 e. The Morgan fingerprint density at radius 2 is 2.27 bits per heavy atom. The van der Waals surface area contributed by atoms with Gasteiger partial charge in [0.15, 0.2) is 12.1 Å². The zero-order valence-electron chi connectivity index (χ0n) is 8.17. The van der Waals surface area contributed by atoms with Crippen molar-refractivity contribution in [1.82, 2.24) is 0 Å². The molecular weight excluding hydrogens is 279 g/mol. The van der Waals surface area contributed by atoms with E-state index in [1.165, 1.54) is 0 Å². The Kier molecular flexibility index (Phi) is 4.48. The van der Waals surface area contributed by atoms with Gasteiger partial charge in [-0.3, -0.25) is 9.59 Å². The fourth-order valence-corrected chi connectivity index (χ4v) is 1.78. The first-order valence-corrected chi connectivity index (χ1v) is 5.88. The van der Waals surface area contributed by atoms with Crippen LogP contribution < -0.4 is 0 Å². The van der Waals surface area contributed by atoms with E-state index in [1.54, 1.807) is 25.1 Å². The summed E-state index contributed by atoms with van der Waals surface area (Å²) in [4.78, 5) is 22.3. The van der Waals surface area contributed by atoms with Gasteiger partial charge in [-0.15, -0.1) is 11.6 Å². The lowest BCUT2D eigenvalue weighted by atomic mass is 9.99. The predicted molar refractivity (Wildman–Crippen MR) is 64.1 cm³/mol. The number of hydrogen-bond donors (Lipinski definition) is 0. The first-order valence-electron chi connectivity index (χ1n) is 4.43. The summed E-state index contributed by atoms with van der Waals surface area (Å²) in [6.45, 7) is 1.73. The zero-order valence-corrected chi connectivity index (χ0v) is 10.5. The number of ketones is 1. The smallest absolute Gasteiger partial charge is 0.176 e. The van der Waals surface area contributed by atoms with Crippen molar-refractivity contribution in [1.29, 1.82) is 0 Å². The minimum absolute atomic E-state index is 0.107. The van der Waals surface area contributed by atoms with Gasteiger partial charge < -0.3 is 0 Å². The van der Waals surface area contributed by atoms with Crippen LogP contribution in [-0.4, -0.2) is 16.9 Å². The molecule has 80 valence electrons. The van der Waals surface area contributed by atoms with Crippen LogP contribution in [0.2, 0.25) is 0 Å². The van der Waals surface area contributed by atoms with Crippen molar-refractivity contribution in [2.45, 2.75) is 17.6 Å². The normalized spacial score (nSPS) is 12.2. The third-order valence-electron chi connectivity index (χ3n) is 2.08. The highest BCUT2D eigenvalue weighted by Crippen LogP contribution is 2.18. The number of rotatable bonds is 4. The van der Waals surface area contributed by atoms with E-state index in [0.717, 1.165) is 0 Å². The van der Waals surface area contributed by atoms with Gasteiger partial charge in [-0.05, 0) is 12.5 Å². The first-order chi connectivity index (χ1) is 7.11. The fraction of sp³-hybridized carbons (Fsp3) is 0.273. The Labute approximate surface area is 102 Å². The number of hydrogen-bond acceptors (Lipinski definition) is 2. The van der Waals surface area contributed by atoms with Crippen LogP contribution in [0, 0.1) is 0 Å². The number of benzene rings is 1. The van der Waals surface area contributed by atoms with Gasteiger partial charge in [-0.1, -0.05) is 34.1 Å². The van der Waals surface area contributed by atoms with E-state index in [9.17, 15) is 9.59 Å². The van der Waals surface area contributed by atoms with E-state index in [2.05, 4.69) is 15.9 Å². The lowest BCUT2D eigenvalue weighted by Gasteiger charge is -2.08. The largest absolute Gasteiger partial charge is 0.298 e. The van der Waals surface area contributed by atoms with Crippen LogP contribution in [0.4, 0.5) is 0 Å². The van der Waals surface area contributed by atoms with Crippen molar-refractivity contribution in [3.8, 4) is 0 Å². The van der Waals surface area contributed by atoms with Gasteiger partial charge >= 0.3 is 0 Å². The summed E-state index contributed by atoms with van der Waals surface area (Å²) in [6.07, 6.45) is 0.681. The molecule has 0 aromatic heterocycles. The molecular formula is C11H10BrClO2. The summed E-state index contributed by atoms with van der Waals surface area (Å²) in [7, 11) is 0. The minimum atomic E-state index is -0.304. The number of alkyl halides is 2. The van der Waals surface area contributed by atoms with E-state index in [0.29, 0.717) is 23.0 Å². The van der Waals surface area contributed by atoms with Crippen LogP contribution in [-0.2, 0) is 5.88 Å². The number of aldehydes is 1. The van der Waals surface area contributed by atoms with E-state index in [4.69, 9.17) is 11.6 Å². The third kappa shape index (κ3) is 2.67. The van der Waals surface area contributed by atoms with Crippen LogP contribution >= 0.6 is 27.5 Å². The quantitative estimate of drug-likeness (QED) is 0.484. The van der Waals surface area contributed by atoms with Crippen molar-refractivity contribution >= 4 is 39.6 Å². The van der Waals surface area contributed by atoms with E-state index < -0.39 is 0 Å². The summed E-state index contributed by atoms with van der Waals surface area (Å²) < 4.78 is 0. The lowest BCUT2D eigenvalue weighted by Crippen LogP contribution is -2.13. The number of Topliss-reactive ketones (excluding diaryl/α,β-unsaturated/α-hetero) is 1. The molecule has 0 amide bonds. The van der Waals surface area contributed by atoms with Crippen molar-refractivity contribution in [3.05, 3.63) is 34.9 Å². The van der Waals surface area contributed by atoms with Gasteiger partial charge in [0.2, 0.25) is 0 Å². The second-order valence-electron chi connectivity index (χ2n) is 3.11. The van der Waals surface area contributed by atoms with E-state index in [-0.39, 0.29) is 16.5 Å². The van der Waals surface area contributed by atoms with Gasteiger partial charge in [-0.2, -0.15) is 0 Å². The summed E-state index contributed by atoms with van der Waals surface area (Å²) in [6, 6.07) is 5.11. The highest BCUT2D eigenvalue weighted by atomic mass is 79.9. The minimum Gasteiger partial charge on any atom is -0.298 e. The molecule has 0 radical (unpaired) electrons. The Morgan fingerprint density at radius 1 is 1.60 bits per heavy atom. The Bertz CT molecular complexity index is 388. The molecule has 1 unspecified atom stereocenters. The lowest BCUT2D eigenvalue weighted by molar-refractivity contribution is 0.0988. The number of halogens is 2. The first kappa shape index (κ1) is 12.4. The van der Waals surface area contributed by atoms with Crippen molar-refractivity contribution in [2.24, 2.45) is 0 Å². The molecule has 0 aliphatic carbocycles. The van der Waals surface area contributed by atoms with Crippen molar-refractivity contribution in [3.63, 3.8) is 0 Å². The molecule has 1 atom stereocenters. The van der Waals surface area contributed by atoms with E-state index in [1.807, 2.05) is 0 Å². The second-order valence-corrected chi connectivity index (χ2v) is 4.75. The molecule has 1 aromatic carbocycles. The molecule has 15 heavy (non-hydrogen) atoms. The monoisotopic (exact) mass is 288 g/mol. The average Bonchev–Trinajstić information content (AvgIpc) is 2.26. The molecule has 0 N–H and O–H groups in total. The van der Waals surface area contributed by atoms with Crippen LogP contribution in [0.15, 0.2) is 18.2 Å².